The maximum absolute atomic E-state index is 13.2. The van der Waals surface area contributed by atoms with Gasteiger partial charge < -0.3 is 14.6 Å². The van der Waals surface area contributed by atoms with Gasteiger partial charge in [0.15, 0.2) is 10.4 Å². The molecule has 4 rings (SSSR count). The number of nitrogens with one attached hydrogen (secondary N) is 1. The van der Waals surface area contributed by atoms with Gasteiger partial charge in [-0.1, -0.05) is 30.3 Å². The van der Waals surface area contributed by atoms with Crippen LogP contribution in [-0.2, 0) is 0 Å². The Bertz CT molecular complexity index is 1060. The minimum absolute atomic E-state index is 0.0207. The first kappa shape index (κ1) is 19.5. The molecule has 1 fully saturated rings. The normalized spacial score (nSPS) is 16.1. The average Bonchev–Trinajstić information content (AvgIpc) is 3.37. The second kappa shape index (κ2) is 8.25. The standard InChI is InChI=1S/C23H21BrN2O3/c1-15-6-2-3-9-18(15)19-10-5-13-26(19)23(28)16-7-4-8-17(14-16)25-22(27)20-11-12-21(24)29-20/h2-4,6-9,11-12,14,19H,5,10,13H2,1H3,(H,25,27). The molecular weight excluding hydrogens is 432 g/mol. The van der Waals surface area contributed by atoms with Crippen molar-refractivity contribution >= 4 is 33.4 Å². The first-order valence-corrected chi connectivity index (χ1v) is 10.4. The number of hydrogen-bond donors (Lipinski definition) is 1. The first-order valence-electron chi connectivity index (χ1n) is 9.56. The van der Waals surface area contributed by atoms with Crippen LogP contribution >= 0.6 is 15.9 Å². The molecule has 2 amide bonds. The van der Waals surface area contributed by atoms with Gasteiger partial charge >= 0.3 is 0 Å². The lowest BCUT2D eigenvalue weighted by Crippen LogP contribution is -2.31. The summed E-state index contributed by atoms with van der Waals surface area (Å²) in [6.45, 7) is 2.81. The number of rotatable bonds is 4. The Hall–Kier alpha value is -2.86. The smallest absolute Gasteiger partial charge is 0.291 e. The van der Waals surface area contributed by atoms with Crippen LogP contribution in [0.2, 0.25) is 0 Å². The molecule has 29 heavy (non-hydrogen) atoms. The van der Waals surface area contributed by atoms with Gasteiger partial charge in [0.05, 0.1) is 6.04 Å². The molecule has 1 aliphatic heterocycles. The summed E-state index contributed by atoms with van der Waals surface area (Å²) in [4.78, 5) is 27.5. The number of amides is 2. The van der Waals surface area contributed by atoms with E-state index in [1.807, 2.05) is 17.0 Å². The van der Waals surface area contributed by atoms with Crippen LogP contribution in [0, 0.1) is 6.92 Å². The molecular formula is C23H21BrN2O3. The lowest BCUT2D eigenvalue weighted by atomic mass is 9.99. The summed E-state index contributed by atoms with van der Waals surface area (Å²) >= 11 is 3.19. The molecule has 1 aromatic heterocycles. The highest BCUT2D eigenvalue weighted by molar-refractivity contribution is 9.10. The Kier molecular flexibility index (Phi) is 5.53. The topological polar surface area (TPSA) is 62.6 Å². The molecule has 2 heterocycles. The van der Waals surface area contributed by atoms with Crippen LogP contribution in [0.3, 0.4) is 0 Å². The highest BCUT2D eigenvalue weighted by Crippen LogP contribution is 2.35. The number of anilines is 1. The molecule has 5 nitrogen and oxygen atoms in total. The molecule has 3 aromatic rings. The van der Waals surface area contributed by atoms with Crippen molar-refractivity contribution in [3.63, 3.8) is 0 Å². The summed E-state index contributed by atoms with van der Waals surface area (Å²) in [5, 5.41) is 2.79. The zero-order valence-electron chi connectivity index (χ0n) is 16.0. The van der Waals surface area contributed by atoms with Crippen LogP contribution in [0.15, 0.2) is 69.8 Å². The highest BCUT2D eigenvalue weighted by atomic mass is 79.9. The van der Waals surface area contributed by atoms with Gasteiger partial charge in [-0.15, -0.1) is 0 Å². The number of aryl methyl sites for hydroxylation is 1. The van der Waals surface area contributed by atoms with Crippen molar-refractivity contribution in [1.29, 1.82) is 0 Å². The van der Waals surface area contributed by atoms with E-state index in [0.717, 1.165) is 19.4 Å². The van der Waals surface area contributed by atoms with Crippen molar-refractivity contribution < 1.29 is 14.0 Å². The van der Waals surface area contributed by atoms with Gasteiger partial charge in [0, 0.05) is 17.8 Å². The van der Waals surface area contributed by atoms with Gasteiger partial charge in [-0.2, -0.15) is 0 Å². The number of hydrogen-bond acceptors (Lipinski definition) is 3. The van der Waals surface area contributed by atoms with Gasteiger partial charge in [0.2, 0.25) is 0 Å². The van der Waals surface area contributed by atoms with E-state index in [1.54, 1.807) is 36.4 Å². The van der Waals surface area contributed by atoms with Crippen molar-refractivity contribution in [1.82, 2.24) is 4.90 Å². The van der Waals surface area contributed by atoms with Gasteiger partial charge in [-0.25, -0.2) is 0 Å². The van der Waals surface area contributed by atoms with Crippen LogP contribution < -0.4 is 5.32 Å². The molecule has 2 aromatic carbocycles. The zero-order valence-corrected chi connectivity index (χ0v) is 17.6. The molecule has 148 valence electrons. The number of carbonyl (C=O) groups excluding carboxylic acids is 2. The Balaban J connectivity index is 1.54. The van der Waals surface area contributed by atoms with Crippen LogP contribution in [0.25, 0.3) is 0 Å². The van der Waals surface area contributed by atoms with E-state index in [4.69, 9.17) is 4.42 Å². The molecule has 0 bridgehead atoms. The number of carbonyl (C=O) groups is 2. The van der Waals surface area contributed by atoms with Crippen molar-refractivity contribution in [2.75, 3.05) is 11.9 Å². The fourth-order valence-electron chi connectivity index (χ4n) is 3.82. The third kappa shape index (κ3) is 4.12. The third-order valence-corrected chi connectivity index (χ3v) is 5.65. The molecule has 1 saturated heterocycles. The average molecular weight is 453 g/mol. The maximum atomic E-state index is 13.2. The quantitative estimate of drug-likeness (QED) is 0.561. The van der Waals surface area contributed by atoms with Crippen LogP contribution in [0.5, 0.6) is 0 Å². The van der Waals surface area contributed by atoms with E-state index in [2.05, 4.69) is 40.3 Å². The fourth-order valence-corrected chi connectivity index (χ4v) is 4.13. The number of nitrogens with zero attached hydrogens (tertiary/aromatic N) is 1. The van der Waals surface area contributed by atoms with Crippen LogP contribution in [0.4, 0.5) is 5.69 Å². The van der Waals surface area contributed by atoms with Crippen molar-refractivity contribution in [3.05, 3.63) is 87.8 Å². The summed E-state index contributed by atoms with van der Waals surface area (Å²) in [6, 6.07) is 18.6. The van der Waals surface area contributed by atoms with Gasteiger partial charge in [-0.05, 0) is 77.2 Å². The maximum Gasteiger partial charge on any atom is 0.291 e. The molecule has 1 unspecified atom stereocenters. The first-order chi connectivity index (χ1) is 14.0. The largest absolute Gasteiger partial charge is 0.444 e. The molecule has 0 saturated carbocycles. The summed E-state index contributed by atoms with van der Waals surface area (Å²) in [5.41, 5.74) is 3.51. The minimum Gasteiger partial charge on any atom is -0.444 e. The Morgan fingerprint density at radius 1 is 1.10 bits per heavy atom. The van der Waals surface area contributed by atoms with E-state index >= 15 is 0 Å². The van der Waals surface area contributed by atoms with Crippen molar-refractivity contribution in [2.45, 2.75) is 25.8 Å². The van der Waals surface area contributed by atoms with Crippen molar-refractivity contribution in [3.8, 4) is 0 Å². The van der Waals surface area contributed by atoms with Crippen molar-refractivity contribution in [2.24, 2.45) is 0 Å². The fraction of sp³-hybridized carbons (Fsp3) is 0.217. The third-order valence-electron chi connectivity index (χ3n) is 5.23. The molecule has 0 aliphatic carbocycles. The monoisotopic (exact) mass is 452 g/mol. The summed E-state index contributed by atoms with van der Waals surface area (Å²) in [6.07, 6.45) is 1.94. The number of halogens is 1. The number of benzene rings is 2. The van der Waals surface area contributed by atoms with E-state index in [1.165, 1.54) is 11.1 Å². The predicted octanol–water partition coefficient (Wildman–Crippen LogP) is 5.58. The van der Waals surface area contributed by atoms with E-state index in [9.17, 15) is 9.59 Å². The lowest BCUT2D eigenvalue weighted by molar-refractivity contribution is 0.0735. The number of furan rings is 1. The molecule has 0 spiro atoms. The summed E-state index contributed by atoms with van der Waals surface area (Å²) < 4.78 is 5.77. The second-order valence-corrected chi connectivity index (χ2v) is 7.93. The second-order valence-electron chi connectivity index (χ2n) is 7.15. The molecule has 0 radical (unpaired) electrons. The SMILES string of the molecule is Cc1ccccc1C1CCCN1C(=O)c1cccc(NC(=O)c2ccc(Br)o2)c1. The molecule has 1 N–H and O–H groups in total. The predicted molar refractivity (Wildman–Crippen MR) is 115 cm³/mol. The Morgan fingerprint density at radius 2 is 1.93 bits per heavy atom. The highest BCUT2D eigenvalue weighted by Gasteiger charge is 2.31. The zero-order chi connectivity index (χ0) is 20.4. The molecule has 1 aliphatic rings. The van der Waals surface area contributed by atoms with E-state index < -0.39 is 0 Å². The summed E-state index contributed by atoms with van der Waals surface area (Å²) in [7, 11) is 0. The van der Waals surface area contributed by atoms with E-state index in [-0.39, 0.29) is 23.6 Å². The molecule has 6 heteroatoms. The summed E-state index contributed by atoms with van der Waals surface area (Å²) in [5.74, 6) is -0.181. The lowest BCUT2D eigenvalue weighted by Gasteiger charge is -2.26. The Morgan fingerprint density at radius 3 is 2.69 bits per heavy atom. The Labute approximate surface area is 177 Å². The van der Waals surface area contributed by atoms with Gasteiger partial charge in [0.25, 0.3) is 11.8 Å². The van der Waals surface area contributed by atoms with E-state index in [0.29, 0.717) is 15.9 Å². The van der Waals surface area contributed by atoms with Crippen LogP contribution in [-0.4, -0.2) is 23.3 Å². The number of likely N-dealkylation sites (tertiary alicyclic amines) is 1. The van der Waals surface area contributed by atoms with Gasteiger partial charge in [0.1, 0.15) is 0 Å². The molecule has 1 atom stereocenters. The minimum atomic E-state index is -0.362. The van der Waals surface area contributed by atoms with Crippen LogP contribution in [0.1, 0.15) is 50.9 Å². The van der Waals surface area contributed by atoms with Gasteiger partial charge in [-0.3, -0.25) is 9.59 Å².